The Bertz CT molecular complexity index is 1580. The van der Waals surface area contributed by atoms with Crippen molar-refractivity contribution in [1.82, 2.24) is 24.7 Å². The molecule has 0 bridgehead atoms. The summed E-state index contributed by atoms with van der Waals surface area (Å²) in [5.41, 5.74) is 19.1. The number of nitriles is 1. The van der Waals surface area contributed by atoms with Crippen molar-refractivity contribution >= 4 is 40.7 Å². The fourth-order valence-corrected chi connectivity index (χ4v) is 4.63. The zero-order valence-electron chi connectivity index (χ0n) is 17.7. The van der Waals surface area contributed by atoms with Gasteiger partial charge in [-0.15, -0.1) is 0 Å². The van der Waals surface area contributed by atoms with Crippen LogP contribution in [0.5, 0.6) is 0 Å². The van der Waals surface area contributed by atoms with Gasteiger partial charge in [0.2, 0.25) is 0 Å². The van der Waals surface area contributed by atoms with Crippen LogP contribution in [0.4, 0.5) is 11.8 Å². The standard InChI is InChI=1S/C23H19BN8O/c25-11-24-6-5-14-7-13(1-2-16(14)9-24)10-32-22-19(21(26)28-12-29-22)20(31-32)15-3-4-18-17(8-15)30-23(27)33-18/h1-4,7-8,12H,5-6,9-10H2,(H2,27,30)(H2,26,28,29). The second-order valence-electron chi connectivity index (χ2n) is 8.37. The third kappa shape index (κ3) is 3.25. The molecule has 9 nitrogen and oxygen atoms in total. The van der Waals surface area contributed by atoms with Crippen molar-refractivity contribution in [3.05, 3.63) is 59.4 Å². The minimum Gasteiger partial charge on any atom is -0.424 e. The van der Waals surface area contributed by atoms with Crippen LogP contribution in [-0.4, -0.2) is 31.4 Å². The first-order valence-electron chi connectivity index (χ1n) is 10.7. The molecule has 0 amide bonds. The van der Waals surface area contributed by atoms with Gasteiger partial charge in [-0.3, -0.25) is 0 Å². The number of anilines is 2. The van der Waals surface area contributed by atoms with E-state index in [0.29, 0.717) is 40.2 Å². The maximum absolute atomic E-state index is 9.25. The quantitative estimate of drug-likeness (QED) is 0.412. The van der Waals surface area contributed by atoms with E-state index >= 15 is 0 Å². The normalized spacial score (nSPS) is 13.4. The summed E-state index contributed by atoms with van der Waals surface area (Å²) in [5, 5.41) is 14.8. The van der Waals surface area contributed by atoms with E-state index in [0.717, 1.165) is 30.2 Å². The molecule has 10 heteroatoms. The largest absolute Gasteiger partial charge is 0.424 e. The predicted molar refractivity (Wildman–Crippen MR) is 126 cm³/mol. The summed E-state index contributed by atoms with van der Waals surface area (Å²) < 4.78 is 7.24. The van der Waals surface area contributed by atoms with Crippen LogP contribution in [0.15, 0.2) is 47.1 Å². The van der Waals surface area contributed by atoms with Crippen molar-refractivity contribution in [2.45, 2.75) is 25.6 Å². The molecule has 0 unspecified atom stereocenters. The Labute approximate surface area is 189 Å². The smallest absolute Gasteiger partial charge is 0.292 e. The fraction of sp³-hybridized carbons (Fsp3) is 0.174. The molecule has 160 valence electrons. The SMILES string of the molecule is N#CB1CCc2cc(Cn3nc(-c4ccc5oc(N)nc5c4)c4c(N)ncnc43)ccc2C1. The molecule has 5 aromatic rings. The van der Waals surface area contributed by atoms with Gasteiger partial charge in [0.1, 0.15) is 23.4 Å². The number of fused-ring (bicyclic) bond motifs is 3. The molecule has 6 rings (SSSR count). The fourth-order valence-electron chi connectivity index (χ4n) is 4.63. The molecule has 1 aliphatic heterocycles. The van der Waals surface area contributed by atoms with Crippen LogP contribution < -0.4 is 11.5 Å². The Kier molecular flexibility index (Phi) is 4.30. The number of oxazole rings is 1. The Hall–Kier alpha value is -4.39. The minimum absolute atomic E-state index is 0.109. The Morgan fingerprint density at radius 1 is 1.12 bits per heavy atom. The molecule has 4 N–H and O–H groups in total. The molecule has 0 saturated heterocycles. The molecule has 3 aromatic heterocycles. The summed E-state index contributed by atoms with van der Waals surface area (Å²) in [6.45, 7) is 0.652. The third-order valence-electron chi connectivity index (χ3n) is 6.25. The third-order valence-corrected chi connectivity index (χ3v) is 6.25. The van der Waals surface area contributed by atoms with Crippen molar-refractivity contribution in [3.63, 3.8) is 0 Å². The highest BCUT2D eigenvalue weighted by atomic mass is 16.4. The second kappa shape index (κ2) is 7.34. The molecule has 0 saturated carbocycles. The van der Waals surface area contributed by atoms with Gasteiger partial charge in [-0.2, -0.15) is 10.1 Å². The highest BCUT2D eigenvalue weighted by Crippen LogP contribution is 2.33. The summed E-state index contributed by atoms with van der Waals surface area (Å²) in [6.07, 6.45) is 4.10. The van der Waals surface area contributed by atoms with Crippen molar-refractivity contribution < 1.29 is 4.42 Å². The van der Waals surface area contributed by atoms with Crippen LogP contribution in [0.25, 0.3) is 33.4 Å². The lowest BCUT2D eigenvalue weighted by Crippen LogP contribution is -2.22. The monoisotopic (exact) mass is 434 g/mol. The molecule has 0 fully saturated rings. The number of hydrogen-bond acceptors (Lipinski definition) is 8. The summed E-state index contributed by atoms with van der Waals surface area (Å²) in [7, 11) is 0. The van der Waals surface area contributed by atoms with E-state index in [4.69, 9.17) is 21.0 Å². The van der Waals surface area contributed by atoms with Gasteiger partial charge >= 0.3 is 0 Å². The van der Waals surface area contributed by atoms with Gasteiger partial charge in [0.05, 0.1) is 11.9 Å². The molecular formula is C23H19BN8O. The summed E-state index contributed by atoms with van der Waals surface area (Å²) in [4.78, 5) is 12.9. The van der Waals surface area contributed by atoms with Crippen LogP contribution in [0.3, 0.4) is 0 Å². The number of aromatic nitrogens is 5. The highest BCUT2D eigenvalue weighted by molar-refractivity contribution is 6.66. The molecular weight excluding hydrogens is 415 g/mol. The second-order valence-corrected chi connectivity index (χ2v) is 8.37. The lowest BCUT2D eigenvalue weighted by molar-refractivity contribution is 0.626. The molecule has 0 spiro atoms. The first-order valence-corrected chi connectivity index (χ1v) is 10.7. The predicted octanol–water partition coefficient (Wildman–Crippen LogP) is 3.04. The average molecular weight is 434 g/mol. The van der Waals surface area contributed by atoms with Crippen LogP contribution in [-0.2, 0) is 19.3 Å². The van der Waals surface area contributed by atoms with Gasteiger partial charge < -0.3 is 15.9 Å². The van der Waals surface area contributed by atoms with Gasteiger partial charge in [0, 0.05) is 11.5 Å². The first kappa shape index (κ1) is 19.3. The average Bonchev–Trinajstić information content (AvgIpc) is 3.38. The van der Waals surface area contributed by atoms with Crippen molar-refractivity contribution in [2.24, 2.45) is 0 Å². The van der Waals surface area contributed by atoms with Crippen LogP contribution in [0.1, 0.15) is 16.7 Å². The van der Waals surface area contributed by atoms with E-state index < -0.39 is 0 Å². The number of nitrogen functional groups attached to an aromatic ring is 2. The molecule has 0 aliphatic carbocycles. The molecule has 2 aromatic carbocycles. The summed E-state index contributed by atoms with van der Waals surface area (Å²) >= 11 is 0. The molecule has 0 atom stereocenters. The molecule has 0 radical (unpaired) electrons. The van der Waals surface area contributed by atoms with E-state index in [-0.39, 0.29) is 12.7 Å². The Balaban J connectivity index is 1.42. The van der Waals surface area contributed by atoms with Crippen LogP contribution in [0, 0.1) is 11.2 Å². The van der Waals surface area contributed by atoms with Crippen molar-refractivity contribution in [1.29, 1.82) is 5.26 Å². The van der Waals surface area contributed by atoms with E-state index in [9.17, 15) is 5.26 Å². The van der Waals surface area contributed by atoms with Gasteiger partial charge in [-0.05, 0) is 42.1 Å². The molecule has 4 heterocycles. The maximum Gasteiger partial charge on any atom is 0.292 e. The van der Waals surface area contributed by atoms with E-state index in [2.05, 4.69) is 39.1 Å². The number of rotatable bonds is 3. The lowest BCUT2D eigenvalue weighted by Gasteiger charge is -2.18. The zero-order valence-corrected chi connectivity index (χ0v) is 17.7. The number of aryl methyl sites for hydroxylation is 1. The Morgan fingerprint density at radius 2 is 2.03 bits per heavy atom. The molecule has 1 aliphatic rings. The summed E-state index contributed by atoms with van der Waals surface area (Å²) in [6, 6.07) is 12.2. The maximum atomic E-state index is 9.25. The van der Waals surface area contributed by atoms with Crippen LogP contribution >= 0.6 is 0 Å². The number of benzene rings is 2. The van der Waals surface area contributed by atoms with Gasteiger partial charge in [0.25, 0.3) is 12.7 Å². The highest BCUT2D eigenvalue weighted by Gasteiger charge is 2.23. The van der Waals surface area contributed by atoms with Gasteiger partial charge in [-0.1, -0.05) is 30.1 Å². The van der Waals surface area contributed by atoms with Gasteiger partial charge in [0.15, 0.2) is 11.2 Å². The Morgan fingerprint density at radius 3 is 2.91 bits per heavy atom. The zero-order chi connectivity index (χ0) is 22.5. The van der Waals surface area contributed by atoms with Crippen molar-refractivity contribution in [2.75, 3.05) is 11.5 Å². The number of hydrogen-bond donors (Lipinski definition) is 2. The topological polar surface area (TPSA) is 145 Å². The summed E-state index contributed by atoms with van der Waals surface area (Å²) in [5.74, 6) is 2.77. The van der Waals surface area contributed by atoms with E-state index in [1.165, 1.54) is 17.5 Å². The number of nitrogens with two attached hydrogens (primary N) is 2. The minimum atomic E-state index is 0.109. The number of nitrogens with zero attached hydrogens (tertiary/aromatic N) is 6. The van der Waals surface area contributed by atoms with Gasteiger partial charge in [-0.25, -0.2) is 19.9 Å². The van der Waals surface area contributed by atoms with Crippen LogP contribution in [0.2, 0.25) is 6.32 Å². The van der Waals surface area contributed by atoms with E-state index in [1.807, 2.05) is 22.9 Å². The van der Waals surface area contributed by atoms with E-state index in [1.54, 1.807) is 0 Å². The lowest BCUT2D eigenvalue weighted by atomic mass is 9.42. The van der Waals surface area contributed by atoms with Crippen molar-refractivity contribution in [3.8, 4) is 17.2 Å². The first-order chi connectivity index (χ1) is 16.1. The molecule has 33 heavy (non-hydrogen) atoms.